The molecular formula is C22H20N4O. The van der Waals surface area contributed by atoms with Gasteiger partial charge in [0.15, 0.2) is 11.8 Å². The van der Waals surface area contributed by atoms with E-state index in [0.717, 1.165) is 30.4 Å². The third-order valence-electron chi connectivity index (χ3n) is 5.30. The van der Waals surface area contributed by atoms with Crippen LogP contribution in [0.4, 0.5) is 0 Å². The molecule has 2 unspecified atom stereocenters. The first-order valence-corrected chi connectivity index (χ1v) is 9.10. The van der Waals surface area contributed by atoms with E-state index in [1.54, 1.807) is 0 Å². The average molecular weight is 356 g/mol. The first-order chi connectivity index (χ1) is 13.2. The molecule has 2 aliphatic rings. The quantitative estimate of drug-likeness (QED) is 0.591. The van der Waals surface area contributed by atoms with Crippen LogP contribution in [0.15, 0.2) is 58.2 Å². The minimum Gasteiger partial charge on any atom is -0.483 e. The van der Waals surface area contributed by atoms with E-state index >= 15 is 0 Å². The summed E-state index contributed by atoms with van der Waals surface area (Å²) in [4.78, 5) is 4.31. The number of aliphatic imine (C=N–C) groups is 1. The van der Waals surface area contributed by atoms with E-state index in [1.165, 1.54) is 6.40 Å². The predicted molar refractivity (Wildman–Crippen MR) is 101 cm³/mol. The lowest BCUT2D eigenvalue weighted by Crippen LogP contribution is -2.39. The molecule has 3 rings (SSSR count). The van der Waals surface area contributed by atoms with Crippen molar-refractivity contribution in [2.24, 2.45) is 16.3 Å². The normalized spacial score (nSPS) is 23.6. The Morgan fingerprint density at radius 2 is 1.96 bits per heavy atom. The Morgan fingerprint density at radius 1 is 1.22 bits per heavy atom. The summed E-state index contributed by atoms with van der Waals surface area (Å²) in [5.74, 6) is -0.438. The van der Waals surface area contributed by atoms with Gasteiger partial charge in [-0.1, -0.05) is 36.4 Å². The zero-order valence-corrected chi connectivity index (χ0v) is 15.2. The van der Waals surface area contributed by atoms with Crippen LogP contribution in [-0.2, 0) is 4.74 Å². The molecule has 2 atom stereocenters. The fourth-order valence-corrected chi connectivity index (χ4v) is 4.18. The SMILES string of the molecule is CCOC=NC1=C(C#N)C2=CCCCC2C(c2ccccc2)C1(C#N)C#N. The summed E-state index contributed by atoms with van der Waals surface area (Å²) in [5, 5.41) is 30.2. The van der Waals surface area contributed by atoms with E-state index in [1.807, 2.05) is 37.3 Å². The van der Waals surface area contributed by atoms with Gasteiger partial charge >= 0.3 is 0 Å². The number of fused-ring (bicyclic) bond motifs is 1. The third kappa shape index (κ3) is 3.01. The first kappa shape index (κ1) is 18.4. The number of ether oxygens (including phenoxy) is 1. The Morgan fingerprint density at radius 3 is 2.59 bits per heavy atom. The summed E-state index contributed by atoms with van der Waals surface area (Å²) < 4.78 is 5.21. The maximum Gasteiger partial charge on any atom is 0.194 e. The van der Waals surface area contributed by atoms with Crippen molar-refractivity contribution in [1.82, 2.24) is 0 Å². The largest absolute Gasteiger partial charge is 0.483 e. The van der Waals surface area contributed by atoms with Crippen molar-refractivity contribution >= 4 is 6.40 Å². The highest BCUT2D eigenvalue weighted by Crippen LogP contribution is 2.57. The molecule has 0 fully saturated rings. The van der Waals surface area contributed by atoms with Crippen LogP contribution in [0.1, 0.15) is 37.7 Å². The van der Waals surface area contributed by atoms with Crippen molar-refractivity contribution in [2.45, 2.75) is 32.1 Å². The van der Waals surface area contributed by atoms with Crippen LogP contribution in [-0.4, -0.2) is 13.0 Å². The molecule has 27 heavy (non-hydrogen) atoms. The van der Waals surface area contributed by atoms with Crippen LogP contribution in [0.25, 0.3) is 0 Å². The maximum absolute atomic E-state index is 10.2. The van der Waals surface area contributed by atoms with Gasteiger partial charge in [-0.25, -0.2) is 4.99 Å². The van der Waals surface area contributed by atoms with Crippen molar-refractivity contribution in [1.29, 1.82) is 15.8 Å². The van der Waals surface area contributed by atoms with Gasteiger partial charge in [0.25, 0.3) is 0 Å². The van der Waals surface area contributed by atoms with Gasteiger partial charge in [0.1, 0.15) is 6.07 Å². The molecule has 0 aromatic heterocycles. The fourth-order valence-electron chi connectivity index (χ4n) is 4.18. The van der Waals surface area contributed by atoms with Crippen molar-refractivity contribution < 1.29 is 4.74 Å². The van der Waals surface area contributed by atoms with Crippen molar-refractivity contribution in [3.8, 4) is 18.2 Å². The zero-order chi connectivity index (χ0) is 19.3. The summed E-state index contributed by atoms with van der Waals surface area (Å²) in [7, 11) is 0. The first-order valence-electron chi connectivity index (χ1n) is 9.10. The Balaban J connectivity index is 2.32. The van der Waals surface area contributed by atoms with Crippen LogP contribution in [0, 0.1) is 45.3 Å². The molecule has 0 spiro atoms. The number of nitrogens with zero attached hydrogens (tertiary/aromatic N) is 4. The number of rotatable bonds is 4. The Kier molecular flexibility index (Phi) is 5.39. The van der Waals surface area contributed by atoms with Crippen molar-refractivity contribution in [3.63, 3.8) is 0 Å². The van der Waals surface area contributed by atoms with Gasteiger partial charge in [-0.2, -0.15) is 15.8 Å². The second-order valence-electron chi connectivity index (χ2n) is 6.64. The van der Waals surface area contributed by atoms with E-state index in [2.05, 4.69) is 29.3 Å². The van der Waals surface area contributed by atoms with E-state index in [9.17, 15) is 15.8 Å². The topological polar surface area (TPSA) is 93.0 Å². The van der Waals surface area contributed by atoms with Crippen molar-refractivity contribution in [3.05, 3.63) is 58.8 Å². The van der Waals surface area contributed by atoms with Crippen LogP contribution >= 0.6 is 0 Å². The molecule has 134 valence electrons. The summed E-state index contributed by atoms with van der Waals surface area (Å²) in [6.45, 7) is 2.24. The molecule has 1 aromatic carbocycles. The van der Waals surface area contributed by atoms with Gasteiger partial charge in [-0.3, -0.25) is 0 Å². The number of benzene rings is 1. The molecule has 5 heteroatoms. The molecule has 1 aromatic rings. The van der Waals surface area contributed by atoms with Crippen LogP contribution in [0.5, 0.6) is 0 Å². The van der Waals surface area contributed by atoms with Gasteiger partial charge in [-0.05, 0) is 43.2 Å². The standard InChI is InChI=1S/C22H20N4O/c1-2-27-15-26-21-19(12-23)17-10-6-7-11-18(17)20(22(21,13-24)14-25)16-8-4-3-5-9-16/h3-5,8-10,15,18,20H,2,6-7,11H2,1H3. The number of allylic oxidation sites excluding steroid dienone is 4. The Labute approximate surface area is 159 Å². The average Bonchev–Trinajstić information content (AvgIpc) is 2.73. The Bertz CT molecular complexity index is 908. The molecule has 0 aliphatic heterocycles. The van der Waals surface area contributed by atoms with Crippen LogP contribution < -0.4 is 0 Å². The molecule has 0 radical (unpaired) electrons. The number of nitriles is 3. The number of hydrogen-bond donors (Lipinski definition) is 0. The third-order valence-corrected chi connectivity index (χ3v) is 5.30. The molecule has 0 bridgehead atoms. The highest BCUT2D eigenvalue weighted by molar-refractivity contribution is 5.63. The lowest BCUT2D eigenvalue weighted by molar-refractivity contribution is 0.313. The molecule has 0 heterocycles. The van der Waals surface area contributed by atoms with Crippen molar-refractivity contribution in [2.75, 3.05) is 6.61 Å². The van der Waals surface area contributed by atoms with E-state index in [4.69, 9.17) is 4.74 Å². The van der Waals surface area contributed by atoms with E-state index in [0.29, 0.717) is 12.2 Å². The van der Waals surface area contributed by atoms with Crippen LogP contribution in [0.2, 0.25) is 0 Å². The maximum atomic E-state index is 10.2. The molecular weight excluding hydrogens is 336 g/mol. The van der Waals surface area contributed by atoms with Gasteiger partial charge in [0, 0.05) is 5.92 Å². The fraction of sp³-hybridized carbons (Fsp3) is 0.364. The van der Waals surface area contributed by atoms with E-state index in [-0.39, 0.29) is 17.5 Å². The number of hydrogen-bond acceptors (Lipinski definition) is 5. The summed E-state index contributed by atoms with van der Waals surface area (Å²) in [6.07, 6.45) is 6.00. The summed E-state index contributed by atoms with van der Waals surface area (Å²) in [5.41, 5.74) is 0.814. The Hall–Kier alpha value is -3.36. The van der Waals surface area contributed by atoms with Gasteiger partial charge in [0.2, 0.25) is 0 Å². The zero-order valence-electron chi connectivity index (χ0n) is 15.2. The lowest BCUT2D eigenvalue weighted by Gasteiger charge is -2.43. The minimum absolute atomic E-state index is 0.0545. The summed E-state index contributed by atoms with van der Waals surface area (Å²) >= 11 is 0. The van der Waals surface area contributed by atoms with E-state index < -0.39 is 5.41 Å². The monoisotopic (exact) mass is 356 g/mol. The highest BCUT2D eigenvalue weighted by atomic mass is 16.5. The lowest BCUT2D eigenvalue weighted by atomic mass is 9.56. The second kappa shape index (κ2) is 7.90. The molecule has 0 N–H and O–H groups in total. The van der Waals surface area contributed by atoms with Gasteiger partial charge < -0.3 is 4.74 Å². The minimum atomic E-state index is -1.54. The van der Waals surface area contributed by atoms with Crippen LogP contribution in [0.3, 0.4) is 0 Å². The van der Waals surface area contributed by atoms with Gasteiger partial charge in [-0.15, -0.1) is 0 Å². The highest BCUT2D eigenvalue weighted by Gasteiger charge is 2.54. The smallest absolute Gasteiger partial charge is 0.194 e. The summed E-state index contributed by atoms with van der Waals surface area (Å²) in [6, 6.07) is 16.3. The molecule has 2 aliphatic carbocycles. The second-order valence-corrected chi connectivity index (χ2v) is 6.64. The molecule has 0 saturated carbocycles. The molecule has 5 nitrogen and oxygen atoms in total. The van der Waals surface area contributed by atoms with Gasteiger partial charge in [0.05, 0.1) is 30.0 Å². The molecule has 0 amide bonds. The molecule has 0 saturated heterocycles. The predicted octanol–water partition coefficient (Wildman–Crippen LogP) is 4.39.